The van der Waals surface area contributed by atoms with Gasteiger partial charge in [0.25, 0.3) is 0 Å². The lowest BCUT2D eigenvalue weighted by Crippen LogP contribution is -2.41. The van der Waals surface area contributed by atoms with Gasteiger partial charge in [0.15, 0.2) is 0 Å². The molecule has 5 heteroatoms. The van der Waals surface area contributed by atoms with E-state index in [2.05, 4.69) is 0 Å². The Morgan fingerprint density at radius 2 is 2.29 bits per heavy atom. The highest BCUT2D eigenvalue weighted by Crippen LogP contribution is 2.41. The Kier molecular flexibility index (Phi) is 3.00. The Morgan fingerprint density at radius 3 is 2.88 bits per heavy atom. The summed E-state index contributed by atoms with van der Waals surface area (Å²) in [5.41, 5.74) is 0.682. The van der Waals surface area contributed by atoms with E-state index in [4.69, 9.17) is 6.48 Å². The first-order valence-corrected chi connectivity index (χ1v) is 6.26. The van der Waals surface area contributed by atoms with Crippen LogP contribution in [-0.2, 0) is 9.59 Å². The maximum atomic E-state index is 11.6. The van der Waals surface area contributed by atoms with Gasteiger partial charge < -0.3 is 10.0 Å². The number of rotatable bonds is 2. The third-order valence-electron chi connectivity index (χ3n) is 2.65. The molecule has 0 aliphatic carbocycles. The maximum absolute atomic E-state index is 11.6. The van der Waals surface area contributed by atoms with Gasteiger partial charge in [-0.05, 0) is 5.56 Å². The predicted molar refractivity (Wildman–Crippen MR) is 65.6 cm³/mol. The molecule has 1 fully saturated rings. The van der Waals surface area contributed by atoms with Gasteiger partial charge in [0.05, 0.1) is 1.37 Å². The van der Waals surface area contributed by atoms with Crippen molar-refractivity contribution in [1.82, 2.24) is 4.90 Å². The number of carbonyl (C=O) groups is 2. The van der Waals surface area contributed by atoms with E-state index in [-0.39, 0.29) is 11.3 Å². The number of hydrogen-bond acceptors (Lipinski definition) is 3. The molecule has 17 heavy (non-hydrogen) atoms. The second kappa shape index (κ2) is 4.79. The summed E-state index contributed by atoms with van der Waals surface area (Å²) < 4.78 is 7.84. The van der Waals surface area contributed by atoms with Gasteiger partial charge in [0, 0.05) is 12.7 Å². The van der Waals surface area contributed by atoms with E-state index in [0.29, 0.717) is 17.4 Å². The summed E-state index contributed by atoms with van der Waals surface area (Å²) in [6, 6.07) is 6.46. The first kappa shape index (κ1) is 10.7. The molecule has 0 bridgehead atoms. The van der Waals surface area contributed by atoms with Gasteiger partial charge in [0.1, 0.15) is 11.4 Å². The molecule has 0 aromatic heterocycles. The number of thioether (sulfide) groups is 1. The van der Waals surface area contributed by atoms with Gasteiger partial charge in [-0.1, -0.05) is 30.3 Å². The molecular formula is C12H13NO3S. The molecule has 1 amide bonds. The van der Waals surface area contributed by atoms with Gasteiger partial charge in [-0.25, -0.2) is 4.79 Å². The van der Waals surface area contributed by atoms with Crippen molar-refractivity contribution in [2.45, 2.75) is 18.3 Å². The molecule has 1 saturated heterocycles. The quantitative estimate of drug-likeness (QED) is 0.871. The zero-order valence-electron chi connectivity index (χ0n) is 10.3. The lowest BCUT2D eigenvalue weighted by atomic mass is 10.2. The number of carboxylic acids is 1. The molecule has 4 nitrogen and oxygen atoms in total. The monoisotopic (exact) mass is 252 g/mol. The van der Waals surface area contributed by atoms with Crippen LogP contribution in [0.15, 0.2) is 30.3 Å². The average Bonchev–Trinajstić information content (AvgIpc) is 2.74. The zero-order valence-corrected chi connectivity index (χ0v) is 10.1. The Labute approximate surface area is 105 Å². The number of benzene rings is 1. The predicted octanol–water partition coefficient (Wildman–Crippen LogP) is 1.73. The summed E-state index contributed by atoms with van der Waals surface area (Å²) in [4.78, 5) is 24.1. The lowest BCUT2D eigenvalue weighted by molar-refractivity contribution is -0.148. The molecule has 1 heterocycles. The van der Waals surface area contributed by atoms with Gasteiger partial charge in [-0.2, -0.15) is 0 Å². The third-order valence-corrected chi connectivity index (χ3v) is 3.95. The van der Waals surface area contributed by atoms with E-state index in [1.54, 1.807) is 24.3 Å². The zero-order chi connectivity index (χ0) is 13.3. The van der Waals surface area contributed by atoms with Gasteiger partial charge in [0.2, 0.25) is 5.91 Å². The van der Waals surface area contributed by atoms with E-state index in [1.165, 1.54) is 23.6 Å². The smallest absolute Gasteiger partial charge is 0.327 e. The SMILES string of the molecule is [2H]c1ccccc1C1SCC(C(=O)O)N1C(C)=O. The number of aliphatic carboxylic acids is 1. The molecule has 0 saturated carbocycles. The summed E-state index contributed by atoms with van der Waals surface area (Å²) in [5, 5.41) is 8.73. The Balaban J connectivity index is 2.37. The van der Waals surface area contributed by atoms with E-state index in [1.807, 2.05) is 0 Å². The fourth-order valence-corrected chi connectivity index (χ4v) is 3.33. The minimum Gasteiger partial charge on any atom is -0.480 e. The van der Waals surface area contributed by atoms with Crippen LogP contribution in [0.2, 0.25) is 0 Å². The molecule has 2 rings (SSSR count). The van der Waals surface area contributed by atoms with E-state index in [9.17, 15) is 9.59 Å². The highest BCUT2D eigenvalue weighted by molar-refractivity contribution is 7.99. The molecule has 1 aliphatic rings. The van der Waals surface area contributed by atoms with Crippen LogP contribution >= 0.6 is 11.8 Å². The van der Waals surface area contributed by atoms with Crippen LogP contribution < -0.4 is 0 Å². The Morgan fingerprint density at radius 1 is 1.53 bits per heavy atom. The lowest BCUT2D eigenvalue weighted by Gasteiger charge is -2.26. The minimum absolute atomic E-state index is 0.277. The molecule has 2 unspecified atom stereocenters. The first-order chi connectivity index (χ1) is 8.52. The molecule has 1 aliphatic heterocycles. The largest absolute Gasteiger partial charge is 0.480 e. The van der Waals surface area contributed by atoms with Crippen LogP contribution in [0.1, 0.15) is 19.2 Å². The van der Waals surface area contributed by atoms with Crippen LogP contribution in [0, 0.1) is 0 Å². The van der Waals surface area contributed by atoms with Gasteiger partial charge in [-0.15, -0.1) is 11.8 Å². The van der Waals surface area contributed by atoms with Crippen molar-refractivity contribution >= 4 is 23.6 Å². The molecule has 1 aromatic carbocycles. The molecule has 2 atom stereocenters. The highest BCUT2D eigenvalue weighted by Gasteiger charge is 2.40. The molecule has 1 N–H and O–H groups in total. The topological polar surface area (TPSA) is 57.6 Å². The normalized spacial score (nSPS) is 24.5. The van der Waals surface area contributed by atoms with Gasteiger partial charge >= 0.3 is 5.97 Å². The summed E-state index contributed by atoms with van der Waals surface area (Å²) in [7, 11) is 0. The van der Waals surface area contributed by atoms with Crippen molar-refractivity contribution in [1.29, 1.82) is 0 Å². The highest BCUT2D eigenvalue weighted by atomic mass is 32.2. The number of carbonyl (C=O) groups excluding carboxylic acids is 1. The fraction of sp³-hybridized carbons (Fsp3) is 0.333. The van der Waals surface area contributed by atoms with Crippen LogP contribution in [0.5, 0.6) is 0 Å². The van der Waals surface area contributed by atoms with E-state index in [0.717, 1.165) is 0 Å². The van der Waals surface area contributed by atoms with Crippen molar-refractivity contribution < 1.29 is 16.1 Å². The van der Waals surface area contributed by atoms with Crippen molar-refractivity contribution in [2.75, 3.05) is 5.75 Å². The Hall–Kier alpha value is -1.49. The van der Waals surface area contributed by atoms with Gasteiger partial charge in [-0.3, -0.25) is 4.79 Å². The summed E-state index contributed by atoms with van der Waals surface area (Å²) in [6.07, 6.45) is 0. The minimum atomic E-state index is -0.998. The number of hydrogen-bond donors (Lipinski definition) is 1. The maximum Gasteiger partial charge on any atom is 0.327 e. The molecular weight excluding hydrogens is 238 g/mol. The summed E-state index contributed by atoms with van der Waals surface area (Å²) >= 11 is 1.39. The van der Waals surface area contributed by atoms with Crippen LogP contribution in [0.3, 0.4) is 0 Å². The average molecular weight is 252 g/mol. The van der Waals surface area contributed by atoms with Crippen LogP contribution in [0.4, 0.5) is 0 Å². The number of carboxylic acid groups (broad SMARTS) is 1. The summed E-state index contributed by atoms with van der Waals surface area (Å²) in [6.45, 7) is 1.36. The van der Waals surface area contributed by atoms with E-state index >= 15 is 0 Å². The second-order valence-electron chi connectivity index (χ2n) is 3.78. The fourth-order valence-electron chi connectivity index (χ4n) is 1.88. The standard InChI is InChI=1S/C12H13NO3S/c1-8(14)13-10(12(15)16)7-17-11(13)9-5-3-2-4-6-9/h2-6,10-11H,7H2,1H3,(H,15,16)/i5D. The van der Waals surface area contributed by atoms with Crippen molar-refractivity contribution in [2.24, 2.45) is 0 Å². The van der Waals surface area contributed by atoms with Crippen LogP contribution in [-0.4, -0.2) is 33.7 Å². The third kappa shape index (κ3) is 2.29. The van der Waals surface area contributed by atoms with Crippen molar-refractivity contribution in [3.05, 3.63) is 35.9 Å². The first-order valence-electron chi connectivity index (χ1n) is 5.71. The Bertz CT molecular complexity index is 494. The van der Waals surface area contributed by atoms with E-state index < -0.39 is 12.0 Å². The number of nitrogens with zero attached hydrogens (tertiary/aromatic N) is 1. The molecule has 1 aromatic rings. The van der Waals surface area contributed by atoms with Crippen molar-refractivity contribution in [3.8, 4) is 0 Å². The summed E-state index contributed by atoms with van der Waals surface area (Å²) in [5.74, 6) is -0.920. The molecule has 0 spiro atoms. The van der Waals surface area contributed by atoms with Crippen LogP contribution in [0.25, 0.3) is 0 Å². The number of amides is 1. The van der Waals surface area contributed by atoms with Crippen molar-refractivity contribution in [3.63, 3.8) is 0 Å². The molecule has 90 valence electrons. The molecule has 0 radical (unpaired) electrons. The second-order valence-corrected chi connectivity index (χ2v) is 4.90.